The van der Waals surface area contributed by atoms with Crippen molar-refractivity contribution in [3.63, 3.8) is 0 Å². The van der Waals surface area contributed by atoms with Gasteiger partial charge in [0.1, 0.15) is 0 Å². The van der Waals surface area contributed by atoms with E-state index in [2.05, 4.69) is 43.1 Å². The number of rotatable bonds is 5. The van der Waals surface area contributed by atoms with Crippen LogP contribution in [0.15, 0.2) is 24.3 Å². The highest BCUT2D eigenvalue weighted by molar-refractivity contribution is 5.25. The number of hydrogen-bond acceptors (Lipinski definition) is 2. The molecule has 1 unspecified atom stereocenters. The Balaban J connectivity index is 1.99. The van der Waals surface area contributed by atoms with Gasteiger partial charge in [0.25, 0.3) is 0 Å². The van der Waals surface area contributed by atoms with Crippen LogP contribution in [0, 0.1) is 12.8 Å². The highest BCUT2D eigenvalue weighted by Crippen LogP contribution is 2.27. The van der Waals surface area contributed by atoms with Gasteiger partial charge in [0.2, 0.25) is 0 Å². The maximum absolute atomic E-state index is 6.02. The fraction of sp³-hybridized carbons (Fsp3) is 0.647. The monoisotopic (exact) mass is 260 g/mol. The highest BCUT2D eigenvalue weighted by Gasteiger charge is 2.20. The Morgan fingerprint density at radius 3 is 2.63 bits per heavy atom. The lowest BCUT2D eigenvalue weighted by atomic mass is 9.88. The third kappa shape index (κ3) is 4.05. The fourth-order valence-electron chi connectivity index (χ4n) is 3.35. The van der Waals surface area contributed by atoms with Crippen LogP contribution >= 0.6 is 0 Å². The topological polar surface area (TPSA) is 29.3 Å². The van der Waals surface area contributed by atoms with Crippen molar-refractivity contribution in [1.29, 1.82) is 0 Å². The molecule has 2 N–H and O–H groups in total. The Hall–Kier alpha value is -0.860. The Bertz CT molecular complexity index is 383. The molecule has 0 amide bonds. The Kier molecular flexibility index (Phi) is 5.41. The summed E-state index contributed by atoms with van der Waals surface area (Å²) >= 11 is 0. The molecule has 1 aromatic carbocycles. The lowest BCUT2D eigenvalue weighted by molar-refractivity contribution is 0.185. The van der Waals surface area contributed by atoms with Gasteiger partial charge in [0.05, 0.1) is 0 Å². The van der Waals surface area contributed by atoms with Crippen molar-refractivity contribution in [2.75, 3.05) is 20.1 Å². The van der Waals surface area contributed by atoms with Crippen LogP contribution in [0.2, 0.25) is 0 Å². The van der Waals surface area contributed by atoms with Gasteiger partial charge in [0.15, 0.2) is 0 Å². The van der Waals surface area contributed by atoms with Gasteiger partial charge in [-0.05, 0) is 38.3 Å². The lowest BCUT2D eigenvalue weighted by Gasteiger charge is -2.32. The third-order valence-electron chi connectivity index (χ3n) is 4.45. The maximum atomic E-state index is 6.02. The van der Waals surface area contributed by atoms with E-state index < -0.39 is 0 Å². The van der Waals surface area contributed by atoms with E-state index >= 15 is 0 Å². The SMILES string of the molecule is Cc1cccc(C(CN)N(C)CC2CCCCC2)c1. The third-order valence-corrected chi connectivity index (χ3v) is 4.45. The lowest BCUT2D eigenvalue weighted by Crippen LogP contribution is -2.34. The minimum Gasteiger partial charge on any atom is -0.329 e. The molecule has 106 valence electrons. The molecule has 1 atom stereocenters. The van der Waals surface area contributed by atoms with Gasteiger partial charge < -0.3 is 5.73 Å². The van der Waals surface area contributed by atoms with Crippen LogP contribution in [0.5, 0.6) is 0 Å². The van der Waals surface area contributed by atoms with Crippen molar-refractivity contribution < 1.29 is 0 Å². The molecule has 0 spiro atoms. The zero-order valence-electron chi connectivity index (χ0n) is 12.4. The molecule has 19 heavy (non-hydrogen) atoms. The normalized spacial score (nSPS) is 18.7. The maximum Gasteiger partial charge on any atom is 0.0467 e. The van der Waals surface area contributed by atoms with Crippen molar-refractivity contribution in [3.05, 3.63) is 35.4 Å². The summed E-state index contributed by atoms with van der Waals surface area (Å²) in [5.41, 5.74) is 8.70. The van der Waals surface area contributed by atoms with E-state index in [9.17, 15) is 0 Å². The minimum atomic E-state index is 0.363. The molecule has 1 saturated carbocycles. The van der Waals surface area contributed by atoms with E-state index in [0.717, 1.165) is 5.92 Å². The van der Waals surface area contributed by atoms with Crippen LogP contribution in [0.25, 0.3) is 0 Å². The summed E-state index contributed by atoms with van der Waals surface area (Å²) in [6.07, 6.45) is 7.05. The second-order valence-electron chi connectivity index (χ2n) is 6.11. The molecule has 2 rings (SSSR count). The summed E-state index contributed by atoms with van der Waals surface area (Å²) in [6, 6.07) is 9.14. The second-order valence-corrected chi connectivity index (χ2v) is 6.11. The van der Waals surface area contributed by atoms with Crippen LogP contribution in [-0.4, -0.2) is 25.0 Å². The number of likely N-dealkylation sites (N-methyl/N-ethyl adjacent to an activating group) is 1. The average molecular weight is 260 g/mol. The average Bonchev–Trinajstić information content (AvgIpc) is 2.41. The Labute approximate surface area is 118 Å². The number of aryl methyl sites for hydroxylation is 1. The summed E-state index contributed by atoms with van der Waals surface area (Å²) < 4.78 is 0. The molecule has 1 aliphatic carbocycles. The molecule has 1 aromatic rings. The van der Waals surface area contributed by atoms with Crippen molar-refractivity contribution in [3.8, 4) is 0 Å². The summed E-state index contributed by atoms with van der Waals surface area (Å²) in [6.45, 7) is 4.04. The van der Waals surface area contributed by atoms with Crippen LogP contribution in [-0.2, 0) is 0 Å². The molecule has 0 aromatic heterocycles. The van der Waals surface area contributed by atoms with E-state index in [0.29, 0.717) is 12.6 Å². The molecule has 1 fully saturated rings. The van der Waals surface area contributed by atoms with Crippen LogP contribution in [0.1, 0.15) is 49.3 Å². The van der Waals surface area contributed by atoms with Gasteiger partial charge in [-0.2, -0.15) is 0 Å². The summed E-state index contributed by atoms with van der Waals surface area (Å²) in [4.78, 5) is 2.46. The highest BCUT2D eigenvalue weighted by atomic mass is 15.1. The summed E-state index contributed by atoms with van der Waals surface area (Å²) in [7, 11) is 2.23. The van der Waals surface area contributed by atoms with E-state index in [1.165, 1.54) is 49.8 Å². The first kappa shape index (κ1) is 14.5. The van der Waals surface area contributed by atoms with Crippen molar-refractivity contribution in [2.45, 2.75) is 45.1 Å². The molecular weight excluding hydrogens is 232 g/mol. The molecule has 2 nitrogen and oxygen atoms in total. The van der Waals surface area contributed by atoms with E-state index in [4.69, 9.17) is 5.73 Å². The van der Waals surface area contributed by atoms with E-state index in [-0.39, 0.29) is 0 Å². The number of benzene rings is 1. The molecular formula is C17H28N2. The quantitative estimate of drug-likeness (QED) is 0.878. The smallest absolute Gasteiger partial charge is 0.0467 e. The first-order chi connectivity index (χ1) is 9.20. The van der Waals surface area contributed by atoms with Crippen LogP contribution in [0.3, 0.4) is 0 Å². The van der Waals surface area contributed by atoms with Gasteiger partial charge in [-0.15, -0.1) is 0 Å². The molecule has 0 saturated heterocycles. The Morgan fingerprint density at radius 1 is 1.26 bits per heavy atom. The zero-order valence-corrected chi connectivity index (χ0v) is 12.4. The van der Waals surface area contributed by atoms with Crippen molar-refractivity contribution in [2.24, 2.45) is 11.7 Å². The number of nitrogens with two attached hydrogens (primary N) is 1. The minimum absolute atomic E-state index is 0.363. The predicted octanol–water partition coefficient (Wildman–Crippen LogP) is 3.51. The fourth-order valence-corrected chi connectivity index (χ4v) is 3.35. The number of nitrogens with zero attached hydrogens (tertiary/aromatic N) is 1. The van der Waals surface area contributed by atoms with Crippen LogP contribution in [0.4, 0.5) is 0 Å². The molecule has 0 aliphatic heterocycles. The van der Waals surface area contributed by atoms with Gasteiger partial charge in [-0.25, -0.2) is 0 Å². The summed E-state index contributed by atoms with van der Waals surface area (Å²) in [5, 5.41) is 0. The molecule has 1 aliphatic rings. The van der Waals surface area contributed by atoms with Crippen molar-refractivity contribution in [1.82, 2.24) is 4.90 Å². The molecule has 0 bridgehead atoms. The van der Waals surface area contributed by atoms with Crippen LogP contribution < -0.4 is 5.73 Å². The van der Waals surface area contributed by atoms with Crippen molar-refractivity contribution >= 4 is 0 Å². The first-order valence-electron chi connectivity index (χ1n) is 7.67. The Morgan fingerprint density at radius 2 is 2.00 bits per heavy atom. The van der Waals surface area contributed by atoms with Gasteiger partial charge >= 0.3 is 0 Å². The van der Waals surface area contributed by atoms with Gasteiger partial charge in [-0.1, -0.05) is 49.1 Å². The number of hydrogen-bond donors (Lipinski definition) is 1. The van der Waals surface area contributed by atoms with Gasteiger partial charge in [0, 0.05) is 19.1 Å². The zero-order chi connectivity index (χ0) is 13.7. The molecule has 2 heteroatoms. The van der Waals surface area contributed by atoms with Gasteiger partial charge in [-0.3, -0.25) is 4.90 Å². The molecule has 0 radical (unpaired) electrons. The second kappa shape index (κ2) is 7.06. The largest absolute Gasteiger partial charge is 0.329 e. The van der Waals surface area contributed by atoms with E-state index in [1.54, 1.807) is 0 Å². The standard InChI is InChI=1S/C17H28N2/c1-14-7-6-10-16(11-14)17(12-18)19(2)13-15-8-4-3-5-9-15/h6-7,10-11,15,17H,3-5,8-9,12-13,18H2,1-2H3. The molecule has 0 heterocycles. The predicted molar refractivity (Wildman–Crippen MR) is 82.2 cm³/mol. The summed E-state index contributed by atoms with van der Waals surface area (Å²) in [5.74, 6) is 0.873. The van der Waals surface area contributed by atoms with E-state index in [1.807, 2.05) is 0 Å². The first-order valence-corrected chi connectivity index (χ1v) is 7.67.